The molecule has 0 radical (unpaired) electrons. The maximum atomic E-state index is 3.98. The Morgan fingerprint density at radius 2 is 1.81 bits per heavy atom. The Labute approximate surface area is 97.9 Å². The van der Waals surface area contributed by atoms with Gasteiger partial charge in [0.05, 0.1) is 0 Å². The summed E-state index contributed by atoms with van der Waals surface area (Å²) in [5.74, 6) is 0.703. The van der Waals surface area contributed by atoms with Crippen LogP contribution in [0.5, 0.6) is 0 Å². The molecule has 0 bridgehead atoms. The van der Waals surface area contributed by atoms with Gasteiger partial charge in [-0.2, -0.15) is 0 Å². The zero-order valence-electron chi connectivity index (χ0n) is 10.4. The van der Waals surface area contributed by atoms with Crippen molar-refractivity contribution in [2.24, 2.45) is 5.92 Å². The largest absolute Gasteiger partial charge is 0.315 e. The standard InChI is InChI=1S/C12H22N4/c1-10(2)4-13-5-11(3)16-8-12-6-14-9-15-7-12/h6-7,9-11,13,16H,4-5,8H2,1-3H3. The summed E-state index contributed by atoms with van der Waals surface area (Å²) >= 11 is 0. The molecule has 1 heterocycles. The minimum absolute atomic E-state index is 0.457. The Morgan fingerprint density at radius 3 is 2.44 bits per heavy atom. The molecule has 0 saturated carbocycles. The highest BCUT2D eigenvalue weighted by Crippen LogP contribution is 1.93. The lowest BCUT2D eigenvalue weighted by Gasteiger charge is -2.15. The van der Waals surface area contributed by atoms with Crippen molar-refractivity contribution in [2.45, 2.75) is 33.4 Å². The zero-order chi connectivity index (χ0) is 11.8. The van der Waals surface area contributed by atoms with Gasteiger partial charge in [0, 0.05) is 37.1 Å². The van der Waals surface area contributed by atoms with Gasteiger partial charge >= 0.3 is 0 Å². The monoisotopic (exact) mass is 222 g/mol. The molecular formula is C12H22N4. The SMILES string of the molecule is CC(C)CNCC(C)NCc1cncnc1. The van der Waals surface area contributed by atoms with E-state index in [1.165, 1.54) is 0 Å². The predicted octanol–water partition coefficient (Wildman–Crippen LogP) is 1.20. The molecule has 16 heavy (non-hydrogen) atoms. The first kappa shape index (κ1) is 13.1. The maximum Gasteiger partial charge on any atom is 0.115 e. The molecule has 90 valence electrons. The first-order valence-electron chi connectivity index (χ1n) is 5.86. The molecule has 1 unspecified atom stereocenters. The van der Waals surface area contributed by atoms with Crippen molar-refractivity contribution in [3.63, 3.8) is 0 Å². The van der Waals surface area contributed by atoms with Crippen LogP contribution >= 0.6 is 0 Å². The minimum Gasteiger partial charge on any atom is -0.315 e. The van der Waals surface area contributed by atoms with Crippen LogP contribution in [0.4, 0.5) is 0 Å². The molecule has 2 N–H and O–H groups in total. The van der Waals surface area contributed by atoms with Gasteiger partial charge in [0.25, 0.3) is 0 Å². The summed E-state index contributed by atoms with van der Waals surface area (Å²) in [6, 6.07) is 0.457. The molecule has 1 aromatic heterocycles. The van der Waals surface area contributed by atoms with Crippen LogP contribution in [0.15, 0.2) is 18.7 Å². The van der Waals surface area contributed by atoms with Crippen molar-refractivity contribution < 1.29 is 0 Å². The first-order chi connectivity index (χ1) is 7.68. The summed E-state index contributed by atoms with van der Waals surface area (Å²) in [5, 5.41) is 6.86. The van der Waals surface area contributed by atoms with Crippen LogP contribution in [-0.2, 0) is 6.54 Å². The number of hydrogen-bond acceptors (Lipinski definition) is 4. The van der Waals surface area contributed by atoms with Crippen molar-refractivity contribution in [3.05, 3.63) is 24.3 Å². The lowest BCUT2D eigenvalue weighted by molar-refractivity contribution is 0.471. The Balaban J connectivity index is 2.13. The summed E-state index contributed by atoms with van der Waals surface area (Å²) in [5.41, 5.74) is 1.12. The van der Waals surface area contributed by atoms with Crippen LogP contribution in [0, 0.1) is 5.92 Å². The van der Waals surface area contributed by atoms with Crippen molar-refractivity contribution >= 4 is 0 Å². The van der Waals surface area contributed by atoms with Gasteiger partial charge in [-0.3, -0.25) is 0 Å². The van der Waals surface area contributed by atoms with Gasteiger partial charge in [-0.05, 0) is 19.4 Å². The van der Waals surface area contributed by atoms with Gasteiger partial charge < -0.3 is 10.6 Å². The second kappa shape index (κ2) is 7.30. The molecular weight excluding hydrogens is 200 g/mol. The van der Waals surface area contributed by atoms with E-state index in [1.54, 1.807) is 6.33 Å². The molecule has 0 aliphatic heterocycles. The smallest absolute Gasteiger partial charge is 0.115 e. The number of nitrogens with zero attached hydrogens (tertiary/aromatic N) is 2. The van der Waals surface area contributed by atoms with Gasteiger partial charge in [0.2, 0.25) is 0 Å². The summed E-state index contributed by atoms with van der Waals surface area (Å²) in [7, 11) is 0. The minimum atomic E-state index is 0.457. The van der Waals surface area contributed by atoms with Crippen molar-refractivity contribution in [1.29, 1.82) is 0 Å². The highest BCUT2D eigenvalue weighted by atomic mass is 15.0. The van der Waals surface area contributed by atoms with Crippen molar-refractivity contribution in [3.8, 4) is 0 Å². The number of hydrogen-bond donors (Lipinski definition) is 2. The molecule has 1 aromatic rings. The fourth-order valence-electron chi connectivity index (χ4n) is 1.37. The lowest BCUT2D eigenvalue weighted by atomic mass is 10.2. The molecule has 4 heteroatoms. The molecule has 0 aromatic carbocycles. The molecule has 1 rings (SSSR count). The molecule has 0 amide bonds. The quantitative estimate of drug-likeness (QED) is 0.728. The topological polar surface area (TPSA) is 49.8 Å². The van der Waals surface area contributed by atoms with Gasteiger partial charge in [-0.25, -0.2) is 9.97 Å². The second-order valence-electron chi connectivity index (χ2n) is 4.58. The average Bonchev–Trinajstić information content (AvgIpc) is 2.27. The Morgan fingerprint density at radius 1 is 1.12 bits per heavy atom. The average molecular weight is 222 g/mol. The molecule has 0 fully saturated rings. The van der Waals surface area contributed by atoms with E-state index in [-0.39, 0.29) is 0 Å². The van der Waals surface area contributed by atoms with Crippen LogP contribution in [0.25, 0.3) is 0 Å². The first-order valence-corrected chi connectivity index (χ1v) is 5.86. The zero-order valence-corrected chi connectivity index (χ0v) is 10.4. The third-order valence-electron chi connectivity index (χ3n) is 2.27. The second-order valence-corrected chi connectivity index (χ2v) is 4.58. The molecule has 4 nitrogen and oxygen atoms in total. The van der Waals surface area contributed by atoms with E-state index in [2.05, 4.69) is 41.4 Å². The Kier molecular flexibility index (Phi) is 5.96. The number of rotatable bonds is 7. The lowest BCUT2D eigenvalue weighted by Crippen LogP contribution is -2.37. The van der Waals surface area contributed by atoms with E-state index in [0.717, 1.165) is 25.2 Å². The van der Waals surface area contributed by atoms with Crippen LogP contribution in [-0.4, -0.2) is 29.1 Å². The fraction of sp³-hybridized carbons (Fsp3) is 0.667. The van der Waals surface area contributed by atoms with E-state index in [9.17, 15) is 0 Å². The van der Waals surface area contributed by atoms with Crippen LogP contribution in [0.2, 0.25) is 0 Å². The molecule has 1 atom stereocenters. The van der Waals surface area contributed by atoms with E-state index < -0.39 is 0 Å². The fourth-order valence-corrected chi connectivity index (χ4v) is 1.37. The maximum absolute atomic E-state index is 3.98. The van der Waals surface area contributed by atoms with Gasteiger partial charge in [0.15, 0.2) is 0 Å². The van der Waals surface area contributed by atoms with E-state index in [0.29, 0.717) is 12.0 Å². The van der Waals surface area contributed by atoms with E-state index in [1.807, 2.05) is 12.4 Å². The van der Waals surface area contributed by atoms with Crippen LogP contribution in [0.3, 0.4) is 0 Å². The molecule has 0 saturated heterocycles. The van der Waals surface area contributed by atoms with E-state index in [4.69, 9.17) is 0 Å². The third kappa shape index (κ3) is 5.78. The van der Waals surface area contributed by atoms with Crippen molar-refractivity contribution in [1.82, 2.24) is 20.6 Å². The number of nitrogens with one attached hydrogen (secondary N) is 2. The third-order valence-corrected chi connectivity index (χ3v) is 2.27. The van der Waals surface area contributed by atoms with Gasteiger partial charge in [-0.15, -0.1) is 0 Å². The molecule has 0 aliphatic carbocycles. The summed E-state index contributed by atoms with van der Waals surface area (Å²) in [6.07, 6.45) is 5.24. The van der Waals surface area contributed by atoms with Gasteiger partial charge in [0.1, 0.15) is 6.33 Å². The Bertz CT molecular complexity index is 274. The Hall–Kier alpha value is -1.00. The normalized spacial score (nSPS) is 13.0. The molecule has 0 aliphatic rings. The number of aromatic nitrogens is 2. The molecule has 0 spiro atoms. The van der Waals surface area contributed by atoms with Crippen molar-refractivity contribution in [2.75, 3.05) is 13.1 Å². The summed E-state index contributed by atoms with van der Waals surface area (Å²) in [4.78, 5) is 7.96. The predicted molar refractivity (Wildman–Crippen MR) is 66.0 cm³/mol. The van der Waals surface area contributed by atoms with Crippen LogP contribution in [0.1, 0.15) is 26.3 Å². The highest BCUT2D eigenvalue weighted by molar-refractivity contribution is 5.01. The highest BCUT2D eigenvalue weighted by Gasteiger charge is 2.01. The van der Waals surface area contributed by atoms with E-state index >= 15 is 0 Å². The van der Waals surface area contributed by atoms with Crippen LogP contribution < -0.4 is 10.6 Å². The summed E-state index contributed by atoms with van der Waals surface area (Å²) < 4.78 is 0. The summed E-state index contributed by atoms with van der Waals surface area (Å²) in [6.45, 7) is 9.49. The van der Waals surface area contributed by atoms with Gasteiger partial charge in [-0.1, -0.05) is 13.8 Å².